The number of nitrogens with zero attached hydrogens (tertiary/aromatic N) is 1. The van der Waals surface area contributed by atoms with E-state index in [-0.39, 0.29) is 0 Å². The summed E-state index contributed by atoms with van der Waals surface area (Å²) < 4.78 is 2.65. The zero-order chi connectivity index (χ0) is 38.3. The molecule has 0 aliphatic heterocycles. The Morgan fingerprint density at radius 2 is 1.02 bits per heavy atom. The number of fused-ring (bicyclic) bond motifs is 8. The number of allylic oxidation sites excluding steroid dienone is 4. The van der Waals surface area contributed by atoms with Crippen molar-refractivity contribution >= 4 is 42.9 Å². The van der Waals surface area contributed by atoms with Gasteiger partial charge in [-0.05, 0) is 111 Å². The largest absolute Gasteiger partial charge is 0.314 e. The van der Waals surface area contributed by atoms with Crippen molar-refractivity contribution < 1.29 is 0 Å². The van der Waals surface area contributed by atoms with E-state index in [9.17, 15) is 0 Å². The first-order chi connectivity index (χ1) is 28.8. The van der Waals surface area contributed by atoms with Gasteiger partial charge in [0.1, 0.15) is 0 Å². The molecule has 0 bridgehead atoms. The highest BCUT2D eigenvalue weighted by molar-refractivity contribution is 7.25. The molecule has 1 heterocycles. The molecule has 8 aromatic carbocycles. The Labute approximate surface area is 343 Å². The summed E-state index contributed by atoms with van der Waals surface area (Å²) >= 11 is 1.87. The number of rotatable bonds is 6. The van der Waals surface area contributed by atoms with Crippen LogP contribution in [0.2, 0.25) is 0 Å². The summed E-state index contributed by atoms with van der Waals surface area (Å²) in [5.74, 6) is 0. The first-order valence-electron chi connectivity index (χ1n) is 20.4. The van der Waals surface area contributed by atoms with Crippen LogP contribution in [0.3, 0.4) is 0 Å². The molecule has 3 aliphatic carbocycles. The highest BCUT2D eigenvalue weighted by Gasteiger charge is 2.57. The minimum absolute atomic E-state index is 0.457. The van der Waals surface area contributed by atoms with Gasteiger partial charge in [0.25, 0.3) is 0 Å². The van der Waals surface area contributed by atoms with Crippen LogP contribution in [0, 0.1) is 0 Å². The topological polar surface area (TPSA) is 3.24 Å². The summed E-state index contributed by atoms with van der Waals surface area (Å²) in [4.78, 5) is 2.49. The summed E-state index contributed by atoms with van der Waals surface area (Å²) in [5, 5.41) is 2.64. The molecule has 0 amide bonds. The second-order valence-electron chi connectivity index (χ2n) is 15.8. The van der Waals surface area contributed by atoms with Crippen LogP contribution in [0.1, 0.15) is 57.3 Å². The summed E-state index contributed by atoms with van der Waals surface area (Å²) in [7, 11) is 0. The van der Waals surface area contributed by atoms with Gasteiger partial charge in [-0.25, -0.2) is 0 Å². The Hall–Kier alpha value is -6.74. The lowest BCUT2D eigenvalue weighted by atomic mass is 9.52. The molecule has 274 valence electrons. The number of benzene rings is 8. The second kappa shape index (κ2) is 12.9. The van der Waals surface area contributed by atoms with E-state index in [0.717, 1.165) is 12.8 Å². The molecule has 9 aromatic rings. The van der Waals surface area contributed by atoms with Crippen molar-refractivity contribution in [2.75, 3.05) is 4.90 Å². The molecule has 2 unspecified atom stereocenters. The molecule has 1 aromatic heterocycles. The van der Waals surface area contributed by atoms with Gasteiger partial charge in [-0.3, -0.25) is 0 Å². The third-order valence-electron chi connectivity index (χ3n) is 13.1. The van der Waals surface area contributed by atoms with Crippen molar-refractivity contribution in [3.05, 3.63) is 263 Å². The lowest BCUT2D eigenvalue weighted by Gasteiger charge is -2.49. The van der Waals surface area contributed by atoms with Gasteiger partial charge in [-0.2, -0.15) is 0 Å². The fourth-order valence-electron chi connectivity index (χ4n) is 10.8. The van der Waals surface area contributed by atoms with Crippen LogP contribution < -0.4 is 4.90 Å². The first kappa shape index (κ1) is 33.4. The molecule has 2 atom stereocenters. The van der Waals surface area contributed by atoms with E-state index in [1.165, 1.54) is 92.9 Å². The average Bonchev–Trinajstić information content (AvgIpc) is 3.83. The van der Waals surface area contributed by atoms with Crippen LogP contribution in [-0.4, -0.2) is 0 Å². The van der Waals surface area contributed by atoms with Gasteiger partial charge in [0.15, 0.2) is 0 Å². The highest BCUT2D eigenvalue weighted by atomic mass is 32.1. The van der Waals surface area contributed by atoms with Gasteiger partial charge >= 0.3 is 0 Å². The predicted molar refractivity (Wildman–Crippen MR) is 244 cm³/mol. The molecule has 12 rings (SSSR count). The third kappa shape index (κ3) is 4.52. The molecule has 0 fully saturated rings. The van der Waals surface area contributed by atoms with Gasteiger partial charge in [0.05, 0.1) is 10.8 Å². The third-order valence-corrected chi connectivity index (χ3v) is 14.2. The van der Waals surface area contributed by atoms with Crippen molar-refractivity contribution in [3.63, 3.8) is 0 Å². The Morgan fingerprint density at radius 1 is 0.431 bits per heavy atom. The van der Waals surface area contributed by atoms with Crippen molar-refractivity contribution in [3.8, 4) is 11.1 Å². The molecule has 0 saturated heterocycles. The van der Waals surface area contributed by atoms with Gasteiger partial charge < -0.3 is 4.90 Å². The maximum Gasteiger partial charge on any atom is 0.0720 e. The van der Waals surface area contributed by atoms with Crippen LogP contribution in [0.15, 0.2) is 218 Å². The van der Waals surface area contributed by atoms with Crippen LogP contribution in [0.25, 0.3) is 31.3 Å². The number of thiophene rings is 1. The average molecular weight is 758 g/mol. The molecule has 3 aliphatic rings. The lowest BCUT2D eigenvalue weighted by Crippen LogP contribution is -2.44. The molecule has 0 radical (unpaired) electrons. The predicted octanol–water partition coefficient (Wildman–Crippen LogP) is 14.5. The summed E-state index contributed by atoms with van der Waals surface area (Å²) in [6.45, 7) is 0. The quantitative estimate of drug-likeness (QED) is 0.163. The Morgan fingerprint density at radius 3 is 1.78 bits per heavy atom. The Kier molecular flexibility index (Phi) is 7.43. The van der Waals surface area contributed by atoms with E-state index in [4.69, 9.17) is 0 Å². The Balaban J connectivity index is 1.12. The summed E-state index contributed by atoms with van der Waals surface area (Å²) in [5.41, 5.74) is 15.9. The standard InChI is InChI=1S/C56H39NS/c1-4-17-38(18-5-1)55(40-31-33-42(34-32-40)57(41-21-8-3-9-22-41)43-35-36-53-47(37-43)45-24-11-15-30-52(45)58-53)49-27-13-14-28-50(49)56(39-19-6-2-7-20-39)48-26-12-10-23-44(48)46-25-16-29-51(55)54(46)56/h1-8,10-21,23-37H,9,22H2. The molecule has 58 heavy (non-hydrogen) atoms. The van der Waals surface area contributed by atoms with Crippen LogP contribution in [-0.2, 0) is 10.8 Å². The molecule has 0 N–H and O–H groups in total. The molecule has 0 saturated carbocycles. The first-order valence-corrected chi connectivity index (χ1v) is 21.2. The maximum absolute atomic E-state index is 2.49. The van der Waals surface area contributed by atoms with E-state index in [2.05, 4.69) is 217 Å². The molecular weight excluding hydrogens is 719 g/mol. The van der Waals surface area contributed by atoms with Crippen molar-refractivity contribution in [2.45, 2.75) is 23.7 Å². The zero-order valence-electron chi connectivity index (χ0n) is 32.0. The van der Waals surface area contributed by atoms with Gasteiger partial charge in [0, 0.05) is 37.2 Å². The van der Waals surface area contributed by atoms with Crippen molar-refractivity contribution in [1.82, 2.24) is 0 Å². The fourth-order valence-corrected chi connectivity index (χ4v) is 11.9. The molecule has 0 spiro atoms. The normalized spacial score (nSPS) is 18.7. The second-order valence-corrected chi connectivity index (χ2v) is 16.9. The van der Waals surface area contributed by atoms with Crippen molar-refractivity contribution in [1.29, 1.82) is 0 Å². The van der Waals surface area contributed by atoms with Crippen LogP contribution >= 0.6 is 11.3 Å². The highest BCUT2D eigenvalue weighted by Crippen LogP contribution is 2.65. The Bertz CT molecular complexity index is 3120. The van der Waals surface area contributed by atoms with Gasteiger partial charge in [-0.1, -0.05) is 170 Å². The summed E-state index contributed by atoms with van der Waals surface area (Å²) in [6, 6.07) is 73.3. The molecule has 2 heteroatoms. The minimum Gasteiger partial charge on any atom is -0.314 e. The number of hydrogen-bond acceptors (Lipinski definition) is 2. The molecule has 1 nitrogen and oxygen atoms in total. The smallest absolute Gasteiger partial charge is 0.0720 e. The number of anilines is 2. The van der Waals surface area contributed by atoms with Crippen LogP contribution in [0.5, 0.6) is 0 Å². The monoisotopic (exact) mass is 757 g/mol. The van der Waals surface area contributed by atoms with E-state index < -0.39 is 10.8 Å². The number of hydrogen-bond donors (Lipinski definition) is 0. The maximum atomic E-state index is 2.49. The van der Waals surface area contributed by atoms with E-state index in [1.807, 2.05) is 11.3 Å². The van der Waals surface area contributed by atoms with E-state index in [1.54, 1.807) is 0 Å². The molecular formula is C56H39NS. The fraction of sp³-hybridized carbons (Fsp3) is 0.0714. The van der Waals surface area contributed by atoms with Crippen LogP contribution in [0.4, 0.5) is 11.4 Å². The zero-order valence-corrected chi connectivity index (χ0v) is 32.8. The van der Waals surface area contributed by atoms with E-state index in [0.29, 0.717) is 0 Å². The SMILES string of the molecule is C1=CCCC(N(c2ccc(C3(c4ccccc4)c4ccccc4C4(c5ccccc5)c5ccccc5-c5cccc3c54)cc2)c2ccc3sc4ccccc4c3c2)=C1. The van der Waals surface area contributed by atoms with Gasteiger partial charge in [0.2, 0.25) is 0 Å². The minimum atomic E-state index is -0.575. The lowest BCUT2D eigenvalue weighted by molar-refractivity contribution is 0.626. The van der Waals surface area contributed by atoms with Crippen molar-refractivity contribution in [2.24, 2.45) is 0 Å². The van der Waals surface area contributed by atoms with E-state index >= 15 is 0 Å². The summed E-state index contributed by atoms with van der Waals surface area (Å²) in [6.07, 6.45) is 8.80. The van der Waals surface area contributed by atoms with Gasteiger partial charge in [-0.15, -0.1) is 11.3 Å².